The van der Waals surface area contributed by atoms with E-state index in [9.17, 15) is 26.3 Å². The van der Waals surface area contributed by atoms with Gasteiger partial charge in [-0.15, -0.1) is 34.4 Å². The molecule has 1 N–H and O–H groups in total. The van der Waals surface area contributed by atoms with Gasteiger partial charge in [-0.2, -0.15) is 26.3 Å². The average Bonchev–Trinajstić information content (AvgIpc) is 3.74. The number of nitrogens with zero attached hydrogens (tertiary/aromatic N) is 7. The number of thiophene rings is 2. The first-order valence-corrected chi connectivity index (χ1v) is 18.3. The van der Waals surface area contributed by atoms with Gasteiger partial charge in [0.15, 0.2) is 0 Å². The van der Waals surface area contributed by atoms with Crippen LogP contribution in [-0.4, -0.2) is 80.7 Å². The Kier molecular flexibility index (Phi) is 9.51. The van der Waals surface area contributed by atoms with Gasteiger partial charge >= 0.3 is 12.4 Å². The number of anilines is 2. The van der Waals surface area contributed by atoms with Crippen LogP contribution in [0.15, 0.2) is 34.7 Å². The minimum atomic E-state index is -4.19. The predicted octanol–water partition coefficient (Wildman–Crippen LogP) is 8.27. The van der Waals surface area contributed by atoms with Crippen LogP contribution in [0.5, 0.6) is 0 Å². The van der Waals surface area contributed by atoms with E-state index < -0.39 is 25.4 Å². The molecule has 0 radical (unpaired) electrons. The van der Waals surface area contributed by atoms with Crippen LogP contribution in [0.2, 0.25) is 5.15 Å². The van der Waals surface area contributed by atoms with E-state index in [-0.39, 0.29) is 0 Å². The van der Waals surface area contributed by atoms with E-state index in [4.69, 9.17) is 11.6 Å². The number of rotatable bonds is 5. The van der Waals surface area contributed by atoms with Crippen molar-refractivity contribution in [1.82, 2.24) is 29.7 Å². The van der Waals surface area contributed by atoms with E-state index >= 15 is 0 Å². The number of aromatic nitrogens is 4. The zero-order chi connectivity index (χ0) is 34.5. The van der Waals surface area contributed by atoms with Gasteiger partial charge in [0.25, 0.3) is 0 Å². The molecule has 3 aliphatic heterocycles. The van der Waals surface area contributed by atoms with Crippen molar-refractivity contribution in [3.05, 3.63) is 61.9 Å². The Labute approximate surface area is 293 Å². The number of hydrogen-bond donors (Lipinski definition) is 1. The first-order valence-electron chi connectivity index (χ1n) is 15.1. The Bertz CT molecular complexity index is 2060. The van der Waals surface area contributed by atoms with Crippen molar-refractivity contribution in [1.29, 1.82) is 0 Å². The highest BCUT2D eigenvalue weighted by Gasteiger charge is 2.35. The Morgan fingerprint density at radius 3 is 2.04 bits per heavy atom. The van der Waals surface area contributed by atoms with Crippen LogP contribution in [0.3, 0.4) is 0 Å². The van der Waals surface area contributed by atoms with Crippen molar-refractivity contribution in [3.8, 4) is 0 Å². The highest BCUT2D eigenvalue weighted by atomic mass is 35.5. The molecule has 0 saturated carbocycles. The van der Waals surface area contributed by atoms with Crippen molar-refractivity contribution in [3.63, 3.8) is 0 Å². The molecule has 4 aromatic heterocycles. The first-order chi connectivity index (χ1) is 23.3. The fourth-order valence-electron chi connectivity index (χ4n) is 6.33. The van der Waals surface area contributed by atoms with Gasteiger partial charge in [0.2, 0.25) is 0 Å². The molecule has 18 heteroatoms. The van der Waals surface area contributed by atoms with Crippen LogP contribution in [0.4, 0.5) is 37.8 Å². The molecule has 8 rings (SSSR count). The number of alkyl halides is 6. The fraction of sp³-hybridized carbons (Fsp3) is 0.387. The molecule has 0 unspecified atom stereocenters. The molecule has 0 saturated heterocycles. The zero-order valence-corrected chi connectivity index (χ0v) is 29.0. The highest BCUT2D eigenvalue weighted by Crippen LogP contribution is 2.41. The second-order valence-electron chi connectivity index (χ2n) is 11.8. The molecule has 5 aromatic rings. The summed E-state index contributed by atoms with van der Waals surface area (Å²) in [7, 11) is 0. The first kappa shape index (κ1) is 34.4. The fourth-order valence-corrected chi connectivity index (χ4v) is 9.68. The van der Waals surface area contributed by atoms with Crippen LogP contribution in [0, 0.1) is 0 Å². The molecule has 0 spiro atoms. The number of aliphatic imine (C=N–C) groups is 1. The molecule has 0 bridgehead atoms. The molecule has 1 aromatic carbocycles. The number of nitrogens with one attached hydrogen (secondary N) is 1. The number of benzene rings is 1. The maximum atomic E-state index is 12.8. The number of hydrogen-bond acceptors (Lipinski definition) is 11. The molecular weight excluding hydrogens is 730 g/mol. The molecule has 49 heavy (non-hydrogen) atoms. The van der Waals surface area contributed by atoms with Crippen LogP contribution in [0.1, 0.15) is 32.0 Å². The second-order valence-corrected chi connectivity index (χ2v) is 15.1. The topological polar surface area (TPSA) is 82.4 Å². The zero-order valence-electron chi connectivity index (χ0n) is 25.8. The summed E-state index contributed by atoms with van der Waals surface area (Å²) < 4.78 is 75.6. The Morgan fingerprint density at radius 2 is 1.43 bits per heavy atom. The van der Waals surface area contributed by atoms with Gasteiger partial charge in [0, 0.05) is 47.0 Å². The Hall–Kier alpha value is -3.09. The van der Waals surface area contributed by atoms with Gasteiger partial charge in [0.1, 0.15) is 33.3 Å². The normalized spacial score (nSPS) is 16.4. The third-order valence-corrected chi connectivity index (χ3v) is 11.7. The number of fused-ring (bicyclic) bond motifs is 7. The van der Waals surface area contributed by atoms with E-state index in [0.29, 0.717) is 56.5 Å². The van der Waals surface area contributed by atoms with E-state index in [2.05, 4.69) is 42.4 Å². The molecular formula is C31H27ClF6N8S3. The molecule has 3 aliphatic rings. The third kappa shape index (κ3) is 7.51. The molecule has 0 atom stereocenters. The molecule has 0 fully saturated rings. The molecule has 258 valence electrons. The number of halogens is 7. The van der Waals surface area contributed by atoms with Gasteiger partial charge in [0.05, 0.1) is 36.1 Å². The largest absolute Gasteiger partial charge is 0.401 e. The van der Waals surface area contributed by atoms with Crippen LogP contribution >= 0.6 is 46.0 Å². The van der Waals surface area contributed by atoms with E-state index in [1.54, 1.807) is 11.8 Å². The van der Waals surface area contributed by atoms with Crippen molar-refractivity contribution in [2.24, 2.45) is 4.99 Å². The summed E-state index contributed by atoms with van der Waals surface area (Å²) in [5.74, 6) is 0.701. The lowest BCUT2D eigenvalue weighted by atomic mass is 10.0. The lowest BCUT2D eigenvalue weighted by Crippen LogP contribution is -2.37. The van der Waals surface area contributed by atoms with Gasteiger partial charge in [-0.25, -0.2) is 19.9 Å². The van der Waals surface area contributed by atoms with Gasteiger partial charge in [-0.1, -0.05) is 11.6 Å². The number of thioether (sulfide) groups is 1. The molecule has 0 amide bonds. The lowest BCUT2D eigenvalue weighted by molar-refractivity contribution is -0.148. The van der Waals surface area contributed by atoms with E-state index in [0.717, 1.165) is 57.5 Å². The Morgan fingerprint density at radius 1 is 0.837 bits per heavy atom. The summed E-state index contributed by atoms with van der Waals surface area (Å²) in [5, 5.41) is 5.57. The lowest BCUT2D eigenvalue weighted by Gasteiger charge is -2.27. The minimum Gasteiger partial charge on any atom is -0.339 e. The summed E-state index contributed by atoms with van der Waals surface area (Å²) >= 11 is 10.5. The summed E-state index contributed by atoms with van der Waals surface area (Å²) in [6, 6.07) is 4.22. The van der Waals surface area contributed by atoms with Crippen LogP contribution in [-0.2, 0) is 32.5 Å². The summed E-state index contributed by atoms with van der Waals surface area (Å²) in [6.45, 7) is 0.285. The van der Waals surface area contributed by atoms with E-state index in [1.165, 1.54) is 50.7 Å². The van der Waals surface area contributed by atoms with Crippen LogP contribution < -0.4 is 5.32 Å². The van der Waals surface area contributed by atoms with Crippen molar-refractivity contribution < 1.29 is 26.3 Å². The third-order valence-electron chi connectivity index (χ3n) is 8.40. The average molecular weight is 757 g/mol. The second kappa shape index (κ2) is 13.6. The predicted molar refractivity (Wildman–Crippen MR) is 183 cm³/mol. The molecule has 7 heterocycles. The van der Waals surface area contributed by atoms with E-state index in [1.807, 2.05) is 12.5 Å². The standard InChI is InChI=1S/C20H18F3N5S2.C11H9ClF3N3S/c1-29-15-5-12-7-24-6-11(12)4-14(15)27-18-17-13-2-3-28(9-20(21,22)23)8-16(13)30-19(17)26-10-25-18;12-9-8-6-1-2-18(4-11(13,14)15)3-7(6)19-10(8)17-5-16-9/h4-6,10H,2-3,7-9H2,1H3,(H,25,26,27);5H,1-4H2. The van der Waals surface area contributed by atoms with Crippen molar-refractivity contribution in [2.45, 2.75) is 49.7 Å². The summed E-state index contributed by atoms with van der Waals surface area (Å²) in [4.78, 5) is 28.6. The van der Waals surface area contributed by atoms with Gasteiger partial charge in [-0.05, 0) is 53.5 Å². The van der Waals surface area contributed by atoms with Crippen molar-refractivity contribution >= 4 is 84.2 Å². The maximum Gasteiger partial charge on any atom is 0.401 e. The quantitative estimate of drug-likeness (QED) is 0.109. The summed E-state index contributed by atoms with van der Waals surface area (Å²) in [5.41, 5.74) is 5.31. The van der Waals surface area contributed by atoms with Gasteiger partial charge in [-0.3, -0.25) is 14.8 Å². The van der Waals surface area contributed by atoms with Crippen LogP contribution in [0.25, 0.3) is 20.4 Å². The molecule has 0 aliphatic carbocycles. The monoisotopic (exact) mass is 756 g/mol. The maximum absolute atomic E-state index is 12.8. The summed E-state index contributed by atoms with van der Waals surface area (Å²) in [6.07, 6.45) is -0.453. The SMILES string of the molecule is CSc1cc2c(cc1Nc1ncnc3sc4c(c13)CCN(CC(F)(F)F)C4)C=NC2.FC(F)(F)CN1CCc2c(sc3ncnc(Cl)c23)C1. The van der Waals surface area contributed by atoms with Gasteiger partial charge < -0.3 is 5.32 Å². The smallest absolute Gasteiger partial charge is 0.339 e. The van der Waals surface area contributed by atoms with Crippen molar-refractivity contribution in [2.75, 3.05) is 37.8 Å². The minimum absolute atomic E-state index is 0.292. The highest BCUT2D eigenvalue weighted by molar-refractivity contribution is 7.98. The molecule has 8 nitrogen and oxygen atoms in total. The Balaban J connectivity index is 0.000000171.